The van der Waals surface area contributed by atoms with Gasteiger partial charge in [-0.25, -0.2) is 4.79 Å². The molecule has 5 N–H and O–H groups in total. The van der Waals surface area contributed by atoms with Gasteiger partial charge in [-0.3, -0.25) is 9.69 Å². The van der Waals surface area contributed by atoms with Gasteiger partial charge in [0.1, 0.15) is 5.60 Å². The number of amides is 2. The zero-order valence-electron chi connectivity index (χ0n) is 19.3. The lowest BCUT2D eigenvalue weighted by Gasteiger charge is -2.23. The Morgan fingerprint density at radius 3 is 1.83 bits per heavy atom. The first-order chi connectivity index (χ1) is 14.4. The van der Waals surface area contributed by atoms with E-state index in [4.69, 9.17) is 4.74 Å². The first-order valence-corrected chi connectivity index (χ1v) is 11.4. The number of nitrogens with one attached hydrogen (secondary N) is 5. The molecule has 0 spiro atoms. The Labute approximate surface area is 182 Å². The molecular weight excluding hydrogens is 384 g/mol. The van der Waals surface area contributed by atoms with Crippen LogP contribution in [0.2, 0.25) is 0 Å². The molecule has 0 atom stereocenters. The molecule has 0 bridgehead atoms. The standard InChI is InChI=1S/C21H44N6O3/c1-21(2,3)30-20(29)26-9-7-5-4-6-8-25-19(28)18-27-16-14-23-12-10-22-11-13-24-15-17-27/h22-24H,4-18H2,1-3H3,(H,25,28)(H,26,29). The number of carbonyl (C=O) groups excluding carboxylic acids is 2. The van der Waals surface area contributed by atoms with Crippen LogP contribution in [0.15, 0.2) is 0 Å². The van der Waals surface area contributed by atoms with Crippen molar-refractivity contribution in [3.05, 3.63) is 0 Å². The topological polar surface area (TPSA) is 107 Å². The van der Waals surface area contributed by atoms with E-state index in [-0.39, 0.29) is 12.0 Å². The lowest BCUT2D eigenvalue weighted by Crippen LogP contribution is -2.45. The minimum absolute atomic E-state index is 0.0929. The number of hydrogen-bond donors (Lipinski definition) is 5. The van der Waals surface area contributed by atoms with E-state index in [9.17, 15) is 9.59 Å². The van der Waals surface area contributed by atoms with Crippen LogP contribution in [0.4, 0.5) is 4.79 Å². The lowest BCUT2D eigenvalue weighted by molar-refractivity contribution is -0.122. The molecule has 30 heavy (non-hydrogen) atoms. The third-order valence-electron chi connectivity index (χ3n) is 4.63. The predicted molar refractivity (Wildman–Crippen MR) is 121 cm³/mol. The Bertz CT molecular complexity index is 458. The molecule has 2 amide bonds. The zero-order valence-corrected chi connectivity index (χ0v) is 19.3. The van der Waals surface area contributed by atoms with Gasteiger partial charge < -0.3 is 31.3 Å². The van der Waals surface area contributed by atoms with Crippen LogP contribution in [-0.4, -0.2) is 94.5 Å². The maximum absolute atomic E-state index is 12.2. The van der Waals surface area contributed by atoms with Crippen LogP contribution in [0.25, 0.3) is 0 Å². The van der Waals surface area contributed by atoms with E-state index < -0.39 is 5.60 Å². The second kappa shape index (κ2) is 16.3. The van der Waals surface area contributed by atoms with Crippen LogP contribution in [0.5, 0.6) is 0 Å². The summed E-state index contributed by atoms with van der Waals surface area (Å²) in [6.07, 6.45) is 3.55. The summed E-state index contributed by atoms with van der Waals surface area (Å²) in [4.78, 5) is 26.0. The van der Waals surface area contributed by atoms with E-state index in [1.165, 1.54) is 0 Å². The number of unbranched alkanes of at least 4 members (excludes halogenated alkanes) is 3. The van der Waals surface area contributed by atoms with Crippen LogP contribution in [0, 0.1) is 0 Å². The molecule has 0 aromatic heterocycles. The van der Waals surface area contributed by atoms with Crippen LogP contribution >= 0.6 is 0 Å². The Balaban J connectivity index is 2.05. The molecule has 1 heterocycles. The highest BCUT2D eigenvalue weighted by Gasteiger charge is 2.15. The highest BCUT2D eigenvalue weighted by atomic mass is 16.6. The highest BCUT2D eigenvalue weighted by molar-refractivity contribution is 5.77. The number of rotatable bonds is 9. The van der Waals surface area contributed by atoms with Gasteiger partial charge in [-0.1, -0.05) is 12.8 Å². The second-order valence-corrected chi connectivity index (χ2v) is 8.72. The predicted octanol–water partition coefficient (Wildman–Crippen LogP) is 0.272. The van der Waals surface area contributed by atoms with Gasteiger partial charge in [-0.15, -0.1) is 0 Å². The monoisotopic (exact) mass is 428 g/mol. The van der Waals surface area contributed by atoms with Crippen molar-refractivity contribution in [2.45, 2.75) is 52.1 Å². The number of ether oxygens (including phenoxy) is 1. The molecule has 1 fully saturated rings. The van der Waals surface area contributed by atoms with E-state index >= 15 is 0 Å². The Morgan fingerprint density at radius 2 is 1.30 bits per heavy atom. The van der Waals surface area contributed by atoms with Crippen molar-refractivity contribution in [3.8, 4) is 0 Å². The molecule has 9 nitrogen and oxygen atoms in total. The molecule has 176 valence electrons. The number of hydrogen-bond acceptors (Lipinski definition) is 7. The number of alkyl carbamates (subject to hydrolysis) is 1. The fourth-order valence-electron chi connectivity index (χ4n) is 3.07. The fraction of sp³-hybridized carbons (Fsp3) is 0.905. The first kappa shape index (κ1) is 26.6. The van der Waals surface area contributed by atoms with Crippen molar-refractivity contribution in [1.82, 2.24) is 31.5 Å². The molecule has 0 unspecified atom stereocenters. The molecule has 0 radical (unpaired) electrons. The number of carbonyl (C=O) groups is 2. The van der Waals surface area contributed by atoms with E-state index in [0.29, 0.717) is 19.6 Å². The van der Waals surface area contributed by atoms with Gasteiger partial charge in [0, 0.05) is 65.4 Å². The van der Waals surface area contributed by atoms with Gasteiger partial charge in [0.05, 0.1) is 6.54 Å². The van der Waals surface area contributed by atoms with Crippen molar-refractivity contribution in [2.24, 2.45) is 0 Å². The van der Waals surface area contributed by atoms with Gasteiger partial charge in [-0.2, -0.15) is 0 Å². The third kappa shape index (κ3) is 16.4. The van der Waals surface area contributed by atoms with E-state index in [1.807, 2.05) is 20.8 Å². The Morgan fingerprint density at radius 1 is 0.800 bits per heavy atom. The van der Waals surface area contributed by atoms with Crippen molar-refractivity contribution in [2.75, 3.05) is 72.0 Å². The molecule has 9 heteroatoms. The van der Waals surface area contributed by atoms with Gasteiger partial charge in [0.2, 0.25) is 5.91 Å². The third-order valence-corrected chi connectivity index (χ3v) is 4.63. The van der Waals surface area contributed by atoms with E-state index in [2.05, 4.69) is 31.5 Å². The van der Waals surface area contributed by atoms with Crippen molar-refractivity contribution < 1.29 is 14.3 Å². The molecule has 0 saturated carbocycles. The Hall–Kier alpha value is -1.42. The molecular formula is C21H44N6O3. The molecule has 1 saturated heterocycles. The highest BCUT2D eigenvalue weighted by Crippen LogP contribution is 2.06. The van der Waals surface area contributed by atoms with E-state index in [1.54, 1.807) is 0 Å². The minimum Gasteiger partial charge on any atom is -0.444 e. The zero-order chi connectivity index (χ0) is 22.1. The average molecular weight is 429 g/mol. The number of nitrogens with zero attached hydrogens (tertiary/aromatic N) is 1. The molecule has 1 aliphatic rings. The van der Waals surface area contributed by atoms with Gasteiger partial charge in [0.15, 0.2) is 0 Å². The second-order valence-electron chi connectivity index (χ2n) is 8.72. The quantitative estimate of drug-likeness (QED) is 0.336. The van der Waals surface area contributed by atoms with Crippen molar-refractivity contribution >= 4 is 12.0 Å². The normalized spacial score (nSPS) is 17.4. The summed E-state index contributed by atoms with van der Waals surface area (Å²) in [5, 5.41) is 16.0. The van der Waals surface area contributed by atoms with Gasteiger partial charge in [0.25, 0.3) is 0 Å². The average Bonchev–Trinajstić information content (AvgIpc) is 2.64. The Kier molecular flexibility index (Phi) is 14.5. The van der Waals surface area contributed by atoms with Crippen LogP contribution < -0.4 is 26.6 Å². The first-order valence-electron chi connectivity index (χ1n) is 11.4. The molecule has 0 aromatic carbocycles. The van der Waals surface area contributed by atoms with Crippen LogP contribution in [0.3, 0.4) is 0 Å². The maximum atomic E-state index is 12.2. The van der Waals surface area contributed by atoms with Crippen molar-refractivity contribution in [1.29, 1.82) is 0 Å². The smallest absolute Gasteiger partial charge is 0.407 e. The van der Waals surface area contributed by atoms with Crippen LogP contribution in [0.1, 0.15) is 46.5 Å². The van der Waals surface area contributed by atoms with E-state index in [0.717, 1.165) is 78.0 Å². The van der Waals surface area contributed by atoms with Crippen molar-refractivity contribution in [3.63, 3.8) is 0 Å². The SMILES string of the molecule is CC(C)(C)OC(=O)NCCCCCCNC(=O)CN1CCNCCNCCNCC1. The fourth-order valence-corrected chi connectivity index (χ4v) is 3.07. The summed E-state index contributed by atoms with van der Waals surface area (Å²) in [6.45, 7) is 14.7. The largest absolute Gasteiger partial charge is 0.444 e. The molecule has 1 aliphatic heterocycles. The molecule has 0 aliphatic carbocycles. The van der Waals surface area contributed by atoms with Gasteiger partial charge in [-0.05, 0) is 33.6 Å². The summed E-state index contributed by atoms with van der Waals surface area (Å²) >= 11 is 0. The summed E-state index contributed by atoms with van der Waals surface area (Å²) in [5.74, 6) is 0.0929. The van der Waals surface area contributed by atoms with Gasteiger partial charge >= 0.3 is 6.09 Å². The minimum atomic E-state index is -0.462. The summed E-state index contributed by atoms with van der Waals surface area (Å²) in [5.41, 5.74) is -0.462. The summed E-state index contributed by atoms with van der Waals surface area (Å²) in [7, 11) is 0. The maximum Gasteiger partial charge on any atom is 0.407 e. The summed E-state index contributed by atoms with van der Waals surface area (Å²) in [6, 6.07) is 0. The van der Waals surface area contributed by atoms with Crippen LogP contribution in [-0.2, 0) is 9.53 Å². The molecule has 0 aromatic rings. The summed E-state index contributed by atoms with van der Waals surface area (Å²) < 4.78 is 5.20. The molecule has 1 rings (SSSR count). The lowest BCUT2D eigenvalue weighted by atomic mass is 10.2.